The summed E-state index contributed by atoms with van der Waals surface area (Å²) in [6.45, 7) is 0.561. The van der Waals surface area contributed by atoms with Crippen LogP contribution in [0.4, 0.5) is 5.69 Å². The van der Waals surface area contributed by atoms with E-state index in [9.17, 15) is 8.42 Å². The summed E-state index contributed by atoms with van der Waals surface area (Å²) >= 11 is 0. The van der Waals surface area contributed by atoms with E-state index in [1.54, 1.807) is 25.2 Å². The Morgan fingerprint density at radius 2 is 2.06 bits per heavy atom. The van der Waals surface area contributed by atoms with Crippen LogP contribution < -0.4 is 10.0 Å². The summed E-state index contributed by atoms with van der Waals surface area (Å²) in [5, 5.41) is 11.3. The van der Waals surface area contributed by atoms with Crippen molar-refractivity contribution >= 4 is 15.7 Å². The van der Waals surface area contributed by atoms with Crippen LogP contribution in [0.3, 0.4) is 0 Å². The van der Waals surface area contributed by atoms with Gasteiger partial charge in [-0.1, -0.05) is 18.2 Å². The zero-order valence-electron chi connectivity index (χ0n) is 8.90. The van der Waals surface area contributed by atoms with Crippen molar-refractivity contribution in [1.29, 1.82) is 5.26 Å². The van der Waals surface area contributed by atoms with E-state index in [2.05, 4.69) is 10.0 Å². The van der Waals surface area contributed by atoms with Crippen molar-refractivity contribution in [1.82, 2.24) is 5.32 Å². The molecular formula is C10H13N3O2S. The van der Waals surface area contributed by atoms with Gasteiger partial charge in [-0.3, -0.25) is 4.72 Å². The molecule has 0 radical (unpaired) electrons. The first-order valence-corrected chi connectivity index (χ1v) is 6.34. The molecule has 0 atom stereocenters. The van der Waals surface area contributed by atoms with Gasteiger partial charge in [-0.15, -0.1) is 0 Å². The number of para-hydroxylation sites is 1. The molecule has 0 amide bonds. The average molecular weight is 239 g/mol. The van der Waals surface area contributed by atoms with Crippen LogP contribution in [0, 0.1) is 11.3 Å². The predicted octanol–water partition coefficient (Wildman–Crippen LogP) is 0.671. The number of rotatable bonds is 5. The number of sulfonamides is 1. The zero-order valence-corrected chi connectivity index (χ0v) is 9.71. The molecule has 0 bridgehead atoms. The number of nitrogens with zero attached hydrogens (tertiary/aromatic N) is 1. The van der Waals surface area contributed by atoms with Gasteiger partial charge in [0.25, 0.3) is 0 Å². The molecule has 5 nitrogen and oxygen atoms in total. The lowest BCUT2D eigenvalue weighted by molar-refractivity contribution is 0.604. The summed E-state index contributed by atoms with van der Waals surface area (Å²) < 4.78 is 25.2. The molecule has 0 spiro atoms. The highest BCUT2D eigenvalue weighted by Gasteiger charge is 2.11. The molecular weight excluding hydrogens is 226 g/mol. The fourth-order valence-corrected chi connectivity index (χ4v) is 2.03. The van der Waals surface area contributed by atoms with Crippen LogP contribution in [0.1, 0.15) is 5.56 Å². The summed E-state index contributed by atoms with van der Waals surface area (Å²) in [5.41, 5.74) is 1.35. The molecule has 0 saturated carbocycles. The van der Waals surface area contributed by atoms with Crippen molar-refractivity contribution in [3.05, 3.63) is 29.8 Å². The largest absolute Gasteiger partial charge is 0.316 e. The van der Waals surface area contributed by atoms with Gasteiger partial charge in [-0.05, 0) is 18.7 Å². The lowest BCUT2D eigenvalue weighted by Gasteiger charge is -2.10. The van der Waals surface area contributed by atoms with Crippen molar-refractivity contribution in [3.8, 4) is 6.07 Å². The first-order chi connectivity index (χ1) is 7.59. The van der Waals surface area contributed by atoms with E-state index in [1.165, 1.54) is 0 Å². The van der Waals surface area contributed by atoms with E-state index in [-0.39, 0.29) is 0 Å². The van der Waals surface area contributed by atoms with Crippen LogP contribution in [0.25, 0.3) is 0 Å². The topological polar surface area (TPSA) is 82.0 Å². The van der Waals surface area contributed by atoms with Crippen LogP contribution >= 0.6 is 0 Å². The second-order valence-corrected chi connectivity index (χ2v) is 4.93. The van der Waals surface area contributed by atoms with Crippen LogP contribution in [0.2, 0.25) is 0 Å². The average Bonchev–Trinajstić information content (AvgIpc) is 2.20. The Morgan fingerprint density at radius 3 is 2.69 bits per heavy atom. The van der Waals surface area contributed by atoms with E-state index >= 15 is 0 Å². The molecule has 1 aromatic carbocycles. The highest BCUT2D eigenvalue weighted by Crippen LogP contribution is 2.16. The minimum absolute atomic E-state index is 0.507. The molecule has 0 fully saturated rings. The molecule has 0 aliphatic heterocycles. The minimum atomic E-state index is -3.56. The van der Waals surface area contributed by atoms with Gasteiger partial charge in [0, 0.05) is 6.54 Å². The predicted molar refractivity (Wildman–Crippen MR) is 62.2 cm³/mol. The van der Waals surface area contributed by atoms with Crippen molar-refractivity contribution in [2.24, 2.45) is 0 Å². The summed E-state index contributed by atoms with van der Waals surface area (Å²) in [5.74, 6) is -0.541. The van der Waals surface area contributed by atoms with Gasteiger partial charge in [-0.2, -0.15) is 5.26 Å². The summed E-state index contributed by atoms with van der Waals surface area (Å²) in [6.07, 6.45) is 0. The number of hydrogen-bond acceptors (Lipinski definition) is 4. The molecule has 16 heavy (non-hydrogen) atoms. The molecule has 1 rings (SSSR count). The number of benzene rings is 1. The maximum absolute atomic E-state index is 11.4. The number of anilines is 1. The summed E-state index contributed by atoms with van der Waals surface area (Å²) in [6, 6.07) is 8.67. The Bertz CT molecular complexity index is 491. The van der Waals surface area contributed by atoms with Crippen molar-refractivity contribution in [2.75, 3.05) is 17.5 Å². The molecule has 0 aliphatic carbocycles. The Labute approximate surface area is 95.1 Å². The van der Waals surface area contributed by atoms with Crippen molar-refractivity contribution in [2.45, 2.75) is 6.54 Å². The summed E-state index contributed by atoms with van der Waals surface area (Å²) in [7, 11) is -1.79. The Kier molecular flexibility index (Phi) is 4.28. The molecule has 0 aromatic heterocycles. The van der Waals surface area contributed by atoms with Gasteiger partial charge in [-0.25, -0.2) is 8.42 Å². The Morgan fingerprint density at radius 1 is 1.38 bits per heavy atom. The molecule has 86 valence electrons. The standard InChI is InChI=1S/C10H13N3O2S/c1-12-8-9-4-2-3-5-10(9)13-16(14,15)7-6-11/h2-5,12-13H,7-8H2,1H3. The minimum Gasteiger partial charge on any atom is -0.316 e. The molecule has 0 aliphatic rings. The number of nitriles is 1. The molecule has 2 N–H and O–H groups in total. The normalized spacial score (nSPS) is 10.8. The lowest BCUT2D eigenvalue weighted by atomic mass is 10.2. The highest BCUT2D eigenvalue weighted by molar-refractivity contribution is 7.92. The van der Waals surface area contributed by atoms with E-state index < -0.39 is 15.8 Å². The maximum Gasteiger partial charge on any atom is 0.246 e. The van der Waals surface area contributed by atoms with Gasteiger partial charge in [0.2, 0.25) is 10.0 Å². The van der Waals surface area contributed by atoms with Gasteiger partial charge >= 0.3 is 0 Å². The Balaban J connectivity index is 2.93. The molecule has 0 saturated heterocycles. The Hall–Kier alpha value is -1.58. The lowest BCUT2D eigenvalue weighted by Crippen LogP contribution is -2.17. The second-order valence-electron chi connectivity index (χ2n) is 3.21. The van der Waals surface area contributed by atoms with E-state index in [0.717, 1.165) is 5.56 Å². The number of nitrogens with one attached hydrogen (secondary N) is 2. The fourth-order valence-electron chi connectivity index (χ4n) is 1.25. The number of hydrogen-bond donors (Lipinski definition) is 2. The van der Waals surface area contributed by atoms with Crippen LogP contribution in [0.5, 0.6) is 0 Å². The van der Waals surface area contributed by atoms with Gasteiger partial charge < -0.3 is 5.32 Å². The van der Waals surface area contributed by atoms with Crippen molar-refractivity contribution < 1.29 is 8.42 Å². The molecule has 0 heterocycles. The fraction of sp³-hybridized carbons (Fsp3) is 0.300. The zero-order chi connectivity index (χ0) is 12.0. The summed E-state index contributed by atoms with van der Waals surface area (Å²) in [4.78, 5) is 0. The van der Waals surface area contributed by atoms with Crippen LogP contribution in [0.15, 0.2) is 24.3 Å². The first-order valence-electron chi connectivity index (χ1n) is 4.69. The van der Waals surface area contributed by atoms with Gasteiger partial charge in [0.1, 0.15) is 0 Å². The van der Waals surface area contributed by atoms with Crippen LogP contribution in [-0.4, -0.2) is 21.2 Å². The van der Waals surface area contributed by atoms with Gasteiger partial charge in [0.05, 0.1) is 11.8 Å². The van der Waals surface area contributed by atoms with E-state index in [0.29, 0.717) is 12.2 Å². The quantitative estimate of drug-likeness (QED) is 0.791. The van der Waals surface area contributed by atoms with Gasteiger partial charge in [0.15, 0.2) is 5.75 Å². The van der Waals surface area contributed by atoms with E-state index in [4.69, 9.17) is 5.26 Å². The SMILES string of the molecule is CNCc1ccccc1NS(=O)(=O)CC#N. The maximum atomic E-state index is 11.4. The molecule has 1 aromatic rings. The third kappa shape index (κ3) is 3.53. The monoisotopic (exact) mass is 239 g/mol. The third-order valence-corrected chi connectivity index (χ3v) is 2.94. The first kappa shape index (κ1) is 12.5. The smallest absolute Gasteiger partial charge is 0.246 e. The second kappa shape index (κ2) is 5.49. The molecule has 0 unspecified atom stereocenters. The van der Waals surface area contributed by atoms with E-state index in [1.807, 2.05) is 12.1 Å². The molecule has 6 heteroatoms. The third-order valence-electron chi connectivity index (χ3n) is 1.90. The highest BCUT2D eigenvalue weighted by atomic mass is 32.2. The van der Waals surface area contributed by atoms with Crippen molar-refractivity contribution in [3.63, 3.8) is 0 Å². The van der Waals surface area contributed by atoms with Crippen LogP contribution in [-0.2, 0) is 16.6 Å².